The predicted octanol–water partition coefficient (Wildman–Crippen LogP) is 15.5. The van der Waals surface area contributed by atoms with E-state index in [1.807, 2.05) is 0 Å². The summed E-state index contributed by atoms with van der Waals surface area (Å²) in [5, 5.41) is 12.4. The van der Waals surface area contributed by atoms with Crippen molar-refractivity contribution >= 4 is 65.0 Å². The standard InChI is InChI=1S/C55H36O/c1-55(2)47-30-29-46-52-37-17-7-6-14-33(37)25-31-49(52)56-54(46)53(47)45-26-24-35(32-48(45)55)36-27-28-44(39-19-9-8-18-38(36)39)51-42-22-12-10-20-40(42)50(34-15-4-3-5-16-34)41-21-11-13-23-43(41)51/h3-32H,1-2H3. The van der Waals surface area contributed by atoms with Gasteiger partial charge in [-0.2, -0.15) is 0 Å². The van der Waals surface area contributed by atoms with E-state index in [1.165, 1.54) is 109 Å². The highest BCUT2D eigenvalue weighted by Gasteiger charge is 2.38. The molecule has 0 spiro atoms. The van der Waals surface area contributed by atoms with Crippen molar-refractivity contribution in [3.8, 4) is 44.5 Å². The van der Waals surface area contributed by atoms with Gasteiger partial charge in [0.1, 0.15) is 11.2 Å². The van der Waals surface area contributed by atoms with E-state index in [0.717, 1.165) is 11.2 Å². The molecule has 1 aliphatic rings. The van der Waals surface area contributed by atoms with Crippen LogP contribution in [0.3, 0.4) is 0 Å². The summed E-state index contributed by atoms with van der Waals surface area (Å²) in [6.45, 7) is 4.73. The van der Waals surface area contributed by atoms with Gasteiger partial charge >= 0.3 is 0 Å². The molecule has 1 aliphatic carbocycles. The molecule has 0 N–H and O–H groups in total. The van der Waals surface area contributed by atoms with E-state index in [2.05, 4.69) is 196 Å². The van der Waals surface area contributed by atoms with Gasteiger partial charge in [-0.1, -0.05) is 184 Å². The molecule has 1 nitrogen and oxygen atoms in total. The first-order chi connectivity index (χ1) is 27.6. The summed E-state index contributed by atoms with van der Waals surface area (Å²) in [5.74, 6) is 0. The maximum Gasteiger partial charge on any atom is 0.143 e. The number of benzene rings is 10. The molecule has 56 heavy (non-hydrogen) atoms. The van der Waals surface area contributed by atoms with E-state index >= 15 is 0 Å². The average molecular weight is 713 g/mol. The highest BCUT2D eigenvalue weighted by molar-refractivity contribution is 6.25. The van der Waals surface area contributed by atoms with Crippen molar-refractivity contribution in [3.05, 3.63) is 193 Å². The van der Waals surface area contributed by atoms with E-state index in [0.29, 0.717) is 0 Å². The Kier molecular flexibility index (Phi) is 6.46. The lowest BCUT2D eigenvalue weighted by Crippen LogP contribution is -2.14. The molecule has 1 heterocycles. The highest BCUT2D eigenvalue weighted by atomic mass is 16.3. The zero-order valence-corrected chi connectivity index (χ0v) is 31.2. The Hall–Kier alpha value is -6.96. The second-order valence-electron chi connectivity index (χ2n) is 15.9. The monoisotopic (exact) mass is 712 g/mol. The molecule has 0 saturated heterocycles. The number of fused-ring (bicyclic) bond motifs is 12. The zero-order valence-electron chi connectivity index (χ0n) is 31.2. The first kappa shape index (κ1) is 31.4. The third kappa shape index (κ3) is 4.26. The minimum atomic E-state index is -0.190. The van der Waals surface area contributed by atoms with Crippen molar-refractivity contribution in [2.45, 2.75) is 19.3 Å². The summed E-state index contributed by atoms with van der Waals surface area (Å²) >= 11 is 0. The Labute approximate surface area is 325 Å². The molecular formula is C55H36O. The summed E-state index contributed by atoms with van der Waals surface area (Å²) in [6.07, 6.45) is 0. The van der Waals surface area contributed by atoms with Crippen LogP contribution in [0.25, 0.3) is 110 Å². The third-order valence-corrected chi connectivity index (χ3v) is 12.7. The molecular weight excluding hydrogens is 677 g/mol. The van der Waals surface area contributed by atoms with Gasteiger partial charge < -0.3 is 4.42 Å². The van der Waals surface area contributed by atoms with Gasteiger partial charge in [0.15, 0.2) is 0 Å². The normalized spacial score (nSPS) is 13.3. The lowest BCUT2D eigenvalue weighted by Gasteiger charge is -2.22. The van der Waals surface area contributed by atoms with Crippen molar-refractivity contribution in [1.82, 2.24) is 0 Å². The maximum atomic E-state index is 6.77. The topological polar surface area (TPSA) is 13.1 Å². The Balaban J connectivity index is 1.06. The predicted molar refractivity (Wildman–Crippen MR) is 238 cm³/mol. The van der Waals surface area contributed by atoms with Crippen LogP contribution >= 0.6 is 0 Å². The number of rotatable bonds is 3. The number of furan rings is 1. The van der Waals surface area contributed by atoms with Gasteiger partial charge in [-0.15, -0.1) is 0 Å². The quantitative estimate of drug-likeness (QED) is 0.166. The van der Waals surface area contributed by atoms with Gasteiger partial charge in [0, 0.05) is 21.8 Å². The summed E-state index contributed by atoms with van der Waals surface area (Å²) in [7, 11) is 0. The fraction of sp³-hybridized carbons (Fsp3) is 0.0545. The van der Waals surface area contributed by atoms with Crippen LogP contribution in [0.5, 0.6) is 0 Å². The molecule has 0 radical (unpaired) electrons. The molecule has 0 aliphatic heterocycles. The second kappa shape index (κ2) is 11.5. The highest BCUT2D eigenvalue weighted by Crippen LogP contribution is 2.54. The van der Waals surface area contributed by atoms with E-state index < -0.39 is 0 Å². The molecule has 0 unspecified atom stereocenters. The van der Waals surface area contributed by atoms with Crippen LogP contribution in [-0.2, 0) is 5.41 Å². The van der Waals surface area contributed by atoms with Gasteiger partial charge in [0.25, 0.3) is 0 Å². The maximum absolute atomic E-state index is 6.77. The van der Waals surface area contributed by atoms with E-state index in [9.17, 15) is 0 Å². The summed E-state index contributed by atoms with van der Waals surface area (Å²) in [4.78, 5) is 0. The number of hydrogen-bond donors (Lipinski definition) is 0. The third-order valence-electron chi connectivity index (χ3n) is 12.7. The van der Waals surface area contributed by atoms with Crippen molar-refractivity contribution in [1.29, 1.82) is 0 Å². The Morgan fingerprint density at radius 1 is 0.357 bits per heavy atom. The second-order valence-corrected chi connectivity index (χ2v) is 15.9. The number of hydrogen-bond acceptors (Lipinski definition) is 1. The lowest BCUT2D eigenvalue weighted by atomic mass is 9.81. The van der Waals surface area contributed by atoms with Gasteiger partial charge in [-0.05, 0) is 105 Å². The largest absolute Gasteiger partial charge is 0.455 e. The molecule has 262 valence electrons. The van der Waals surface area contributed by atoms with Crippen LogP contribution in [0.4, 0.5) is 0 Å². The molecule has 1 aromatic heterocycles. The average Bonchev–Trinajstić information content (AvgIpc) is 3.75. The van der Waals surface area contributed by atoms with E-state index in [4.69, 9.17) is 4.42 Å². The molecule has 0 amide bonds. The van der Waals surface area contributed by atoms with Gasteiger partial charge in [-0.3, -0.25) is 0 Å². The molecule has 1 heteroatoms. The summed E-state index contributed by atoms with van der Waals surface area (Å²) in [5.41, 5.74) is 14.4. The molecule has 0 bridgehead atoms. The van der Waals surface area contributed by atoms with Crippen LogP contribution in [0, 0.1) is 0 Å². The molecule has 10 aromatic carbocycles. The van der Waals surface area contributed by atoms with Crippen molar-refractivity contribution in [2.24, 2.45) is 0 Å². The minimum Gasteiger partial charge on any atom is -0.455 e. The Bertz CT molecular complexity index is 3380. The van der Waals surface area contributed by atoms with Gasteiger partial charge in [-0.25, -0.2) is 0 Å². The molecule has 0 fully saturated rings. The SMILES string of the molecule is CC1(C)c2cc(-c3ccc(-c4c5ccccc5c(-c5ccccc5)c5ccccc45)c4ccccc34)ccc2-c2c1ccc1c2oc2ccc3ccccc3c21. The van der Waals surface area contributed by atoms with Crippen LogP contribution in [-0.4, -0.2) is 0 Å². The van der Waals surface area contributed by atoms with Gasteiger partial charge in [0.05, 0.1) is 0 Å². The lowest BCUT2D eigenvalue weighted by molar-refractivity contribution is 0.653. The summed E-state index contributed by atoms with van der Waals surface area (Å²) < 4.78 is 6.77. The molecule has 12 rings (SSSR count). The minimum absolute atomic E-state index is 0.190. The van der Waals surface area contributed by atoms with Crippen molar-refractivity contribution < 1.29 is 4.42 Å². The van der Waals surface area contributed by atoms with Crippen LogP contribution in [0.15, 0.2) is 186 Å². The first-order valence-electron chi connectivity index (χ1n) is 19.6. The Morgan fingerprint density at radius 2 is 0.929 bits per heavy atom. The summed E-state index contributed by atoms with van der Waals surface area (Å²) in [6, 6.07) is 67.0. The van der Waals surface area contributed by atoms with Crippen molar-refractivity contribution in [3.63, 3.8) is 0 Å². The van der Waals surface area contributed by atoms with E-state index in [1.54, 1.807) is 0 Å². The molecule has 0 atom stereocenters. The zero-order chi connectivity index (χ0) is 37.1. The molecule has 11 aromatic rings. The van der Waals surface area contributed by atoms with Crippen LogP contribution < -0.4 is 0 Å². The first-order valence-corrected chi connectivity index (χ1v) is 19.6. The van der Waals surface area contributed by atoms with Gasteiger partial charge in [0.2, 0.25) is 0 Å². The molecule has 0 saturated carbocycles. The van der Waals surface area contributed by atoms with E-state index in [-0.39, 0.29) is 5.41 Å². The fourth-order valence-corrected chi connectivity index (χ4v) is 10.1. The van der Waals surface area contributed by atoms with Crippen molar-refractivity contribution in [2.75, 3.05) is 0 Å². The fourth-order valence-electron chi connectivity index (χ4n) is 10.1. The van der Waals surface area contributed by atoms with Crippen LogP contribution in [0.1, 0.15) is 25.0 Å². The smallest absolute Gasteiger partial charge is 0.143 e. The Morgan fingerprint density at radius 3 is 1.64 bits per heavy atom. The van der Waals surface area contributed by atoms with Crippen LogP contribution in [0.2, 0.25) is 0 Å².